The first kappa shape index (κ1) is 9.40. The molecule has 1 aliphatic heterocycles. The molecule has 0 spiro atoms. The number of nitrogens with one attached hydrogen (secondary N) is 1. The van der Waals surface area contributed by atoms with Gasteiger partial charge in [-0.05, 0) is 19.9 Å². The predicted molar refractivity (Wildman–Crippen MR) is 56.3 cm³/mol. The molecule has 0 amide bonds. The van der Waals surface area contributed by atoms with E-state index in [2.05, 4.69) is 34.0 Å². The number of piperazine rings is 1. The molecule has 0 saturated carbocycles. The lowest BCUT2D eigenvalue weighted by molar-refractivity contribution is 0.350. The van der Waals surface area contributed by atoms with Crippen LogP contribution in [0.15, 0.2) is 18.5 Å². The second-order valence-electron chi connectivity index (χ2n) is 4.28. The molecule has 4 heteroatoms. The zero-order valence-corrected chi connectivity index (χ0v) is 8.70. The molecule has 2 rings (SSSR count). The van der Waals surface area contributed by atoms with Crippen molar-refractivity contribution in [2.75, 3.05) is 24.5 Å². The van der Waals surface area contributed by atoms with Gasteiger partial charge in [-0.2, -0.15) is 0 Å². The maximum atomic E-state index is 4.26. The molecule has 0 aromatic carbocycles. The van der Waals surface area contributed by atoms with Crippen LogP contribution in [-0.4, -0.2) is 35.1 Å². The molecule has 1 fully saturated rings. The first-order valence-electron chi connectivity index (χ1n) is 4.94. The molecule has 76 valence electrons. The second-order valence-corrected chi connectivity index (χ2v) is 4.28. The summed E-state index contributed by atoms with van der Waals surface area (Å²) in [5.74, 6) is 0.835. The Morgan fingerprint density at radius 3 is 2.71 bits per heavy atom. The van der Waals surface area contributed by atoms with Crippen molar-refractivity contribution in [3.63, 3.8) is 0 Å². The van der Waals surface area contributed by atoms with Gasteiger partial charge in [-0.3, -0.25) is 0 Å². The highest BCUT2D eigenvalue weighted by atomic mass is 15.3. The Balaban J connectivity index is 2.12. The fourth-order valence-corrected chi connectivity index (χ4v) is 1.77. The van der Waals surface area contributed by atoms with Crippen LogP contribution in [0.3, 0.4) is 0 Å². The van der Waals surface area contributed by atoms with E-state index in [-0.39, 0.29) is 5.54 Å². The van der Waals surface area contributed by atoms with E-state index in [0.29, 0.717) is 0 Å². The molecule has 0 radical (unpaired) electrons. The van der Waals surface area contributed by atoms with Crippen LogP contribution in [0.4, 0.5) is 5.95 Å². The summed E-state index contributed by atoms with van der Waals surface area (Å²) in [5, 5.41) is 3.46. The summed E-state index contributed by atoms with van der Waals surface area (Å²) in [7, 11) is 0. The summed E-state index contributed by atoms with van der Waals surface area (Å²) in [6.07, 6.45) is 3.58. The summed E-state index contributed by atoms with van der Waals surface area (Å²) < 4.78 is 0. The van der Waals surface area contributed by atoms with E-state index in [9.17, 15) is 0 Å². The van der Waals surface area contributed by atoms with E-state index in [4.69, 9.17) is 0 Å². The van der Waals surface area contributed by atoms with Crippen LogP contribution < -0.4 is 10.2 Å². The van der Waals surface area contributed by atoms with E-state index in [1.807, 2.05) is 6.07 Å². The van der Waals surface area contributed by atoms with Crippen molar-refractivity contribution < 1.29 is 0 Å². The molecule has 0 aliphatic carbocycles. The largest absolute Gasteiger partial charge is 0.338 e. The third-order valence-corrected chi connectivity index (χ3v) is 2.41. The van der Waals surface area contributed by atoms with Crippen molar-refractivity contribution in [2.45, 2.75) is 19.4 Å². The Hall–Kier alpha value is -1.16. The fourth-order valence-electron chi connectivity index (χ4n) is 1.77. The minimum atomic E-state index is 0.150. The molecule has 1 saturated heterocycles. The number of hydrogen-bond donors (Lipinski definition) is 1. The van der Waals surface area contributed by atoms with Crippen molar-refractivity contribution in [1.82, 2.24) is 15.3 Å². The Labute approximate surface area is 84.4 Å². The Bertz CT molecular complexity index is 296. The second kappa shape index (κ2) is 3.53. The molecule has 14 heavy (non-hydrogen) atoms. The lowest BCUT2D eigenvalue weighted by Gasteiger charge is -2.39. The van der Waals surface area contributed by atoms with Crippen molar-refractivity contribution in [1.29, 1.82) is 0 Å². The first-order valence-corrected chi connectivity index (χ1v) is 4.94. The van der Waals surface area contributed by atoms with Gasteiger partial charge in [0.2, 0.25) is 5.95 Å². The number of hydrogen-bond acceptors (Lipinski definition) is 4. The van der Waals surface area contributed by atoms with Gasteiger partial charge in [-0.1, -0.05) is 0 Å². The molecular weight excluding hydrogens is 176 g/mol. The third kappa shape index (κ3) is 2.01. The van der Waals surface area contributed by atoms with Crippen LogP contribution in [0.2, 0.25) is 0 Å². The smallest absolute Gasteiger partial charge is 0.225 e. The third-order valence-electron chi connectivity index (χ3n) is 2.41. The highest BCUT2D eigenvalue weighted by molar-refractivity contribution is 5.30. The molecule has 1 N–H and O–H groups in total. The topological polar surface area (TPSA) is 41.1 Å². The Morgan fingerprint density at radius 1 is 1.36 bits per heavy atom. The van der Waals surface area contributed by atoms with Gasteiger partial charge in [0.25, 0.3) is 0 Å². The quantitative estimate of drug-likeness (QED) is 0.710. The first-order chi connectivity index (χ1) is 6.67. The molecule has 1 aromatic rings. The standard InChI is InChI=1S/C10H16N4/c1-10(2)8-14(7-6-13-10)9-11-4-3-5-12-9/h3-5,13H,6-8H2,1-2H3. The SMILES string of the molecule is CC1(C)CN(c2ncccn2)CCN1. The predicted octanol–water partition coefficient (Wildman–Crippen LogP) is 0.665. The number of aromatic nitrogens is 2. The maximum absolute atomic E-state index is 4.26. The summed E-state index contributed by atoms with van der Waals surface area (Å²) in [6, 6.07) is 1.84. The molecule has 1 aliphatic rings. The van der Waals surface area contributed by atoms with Gasteiger partial charge in [0.05, 0.1) is 0 Å². The molecule has 4 nitrogen and oxygen atoms in total. The van der Waals surface area contributed by atoms with E-state index < -0.39 is 0 Å². The molecule has 0 unspecified atom stereocenters. The summed E-state index contributed by atoms with van der Waals surface area (Å²) >= 11 is 0. The Kier molecular flexibility index (Phi) is 2.37. The van der Waals surface area contributed by atoms with Gasteiger partial charge < -0.3 is 10.2 Å². The van der Waals surface area contributed by atoms with Gasteiger partial charge in [0.1, 0.15) is 0 Å². The zero-order chi connectivity index (χ0) is 10.0. The van der Waals surface area contributed by atoms with Crippen molar-refractivity contribution in [3.8, 4) is 0 Å². The van der Waals surface area contributed by atoms with Crippen molar-refractivity contribution in [2.24, 2.45) is 0 Å². The van der Waals surface area contributed by atoms with Crippen LogP contribution in [-0.2, 0) is 0 Å². The van der Waals surface area contributed by atoms with E-state index in [1.54, 1.807) is 12.4 Å². The van der Waals surface area contributed by atoms with Crippen LogP contribution in [0, 0.1) is 0 Å². The highest BCUT2D eigenvalue weighted by Gasteiger charge is 2.26. The van der Waals surface area contributed by atoms with E-state index in [1.165, 1.54) is 0 Å². The van der Waals surface area contributed by atoms with Gasteiger partial charge >= 0.3 is 0 Å². The van der Waals surface area contributed by atoms with Crippen LogP contribution in [0.5, 0.6) is 0 Å². The fraction of sp³-hybridized carbons (Fsp3) is 0.600. The van der Waals surface area contributed by atoms with Crippen LogP contribution in [0.1, 0.15) is 13.8 Å². The molecular formula is C10H16N4. The zero-order valence-electron chi connectivity index (χ0n) is 8.70. The number of nitrogens with zero attached hydrogens (tertiary/aromatic N) is 3. The lowest BCUT2D eigenvalue weighted by atomic mass is 10.0. The molecule has 2 heterocycles. The minimum Gasteiger partial charge on any atom is -0.338 e. The number of rotatable bonds is 1. The molecule has 0 bridgehead atoms. The van der Waals surface area contributed by atoms with Gasteiger partial charge in [0.15, 0.2) is 0 Å². The lowest BCUT2D eigenvalue weighted by Crippen LogP contribution is -2.57. The van der Waals surface area contributed by atoms with Crippen molar-refractivity contribution in [3.05, 3.63) is 18.5 Å². The normalized spacial score (nSPS) is 20.9. The average Bonchev–Trinajstić information content (AvgIpc) is 2.18. The summed E-state index contributed by atoms with van der Waals surface area (Å²) in [5.41, 5.74) is 0.150. The molecule has 1 aromatic heterocycles. The van der Waals surface area contributed by atoms with Crippen LogP contribution >= 0.6 is 0 Å². The highest BCUT2D eigenvalue weighted by Crippen LogP contribution is 2.14. The maximum Gasteiger partial charge on any atom is 0.225 e. The monoisotopic (exact) mass is 192 g/mol. The minimum absolute atomic E-state index is 0.150. The van der Waals surface area contributed by atoms with Crippen molar-refractivity contribution >= 4 is 5.95 Å². The summed E-state index contributed by atoms with van der Waals surface area (Å²) in [4.78, 5) is 10.7. The van der Waals surface area contributed by atoms with Crippen LogP contribution in [0.25, 0.3) is 0 Å². The van der Waals surface area contributed by atoms with Gasteiger partial charge in [-0.15, -0.1) is 0 Å². The molecule has 0 atom stereocenters. The van der Waals surface area contributed by atoms with Gasteiger partial charge in [0, 0.05) is 37.6 Å². The van der Waals surface area contributed by atoms with E-state index >= 15 is 0 Å². The Morgan fingerprint density at radius 2 is 2.07 bits per heavy atom. The van der Waals surface area contributed by atoms with Gasteiger partial charge in [-0.25, -0.2) is 9.97 Å². The summed E-state index contributed by atoms with van der Waals surface area (Å²) in [6.45, 7) is 7.32. The number of anilines is 1. The van der Waals surface area contributed by atoms with E-state index in [0.717, 1.165) is 25.6 Å². The average molecular weight is 192 g/mol.